The molecule has 0 atom stereocenters. The van der Waals surface area contributed by atoms with Crippen molar-refractivity contribution < 1.29 is 5.11 Å². The van der Waals surface area contributed by atoms with Crippen LogP contribution in [0.15, 0.2) is 47.5 Å². The maximum absolute atomic E-state index is 9.64. The molecule has 0 amide bonds. The highest BCUT2D eigenvalue weighted by Gasteiger charge is 2.00. The number of hydrogen-bond donors (Lipinski definition) is 1. The van der Waals surface area contributed by atoms with Crippen molar-refractivity contribution in [1.82, 2.24) is 0 Å². The van der Waals surface area contributed by atoms with Crippen molar-refractivity contribution in [3.63, 3.8) is 0 Å². The van der Waals surface area contributed by atoms with E-state index in [1.807, 2.05) is 58.0 Å². The standard InChI is InChI=1S/C15H15NO.C2H6/c1-11-6-5-7-12(2)15(11)16-10-13-8-3-4-9-14(13)17;1-2/h3-10,17H,1-2H3;1-2H3. The van der Waals surface area contributed by atoms with Crippen molar-refractivity contribution in [1.29, 1.82) is 0 Å². The van der Waals surface area contributed by atoms with Crippen molar-refractivity contribution in [2.24, 2.45) is 4.99 Å². The minimum atomic E-state index is 0.252. The molecule has 100 valence electrons. The summed E-state index contributed by atoms with van der Waals surface area (Å²) in [6.45, 7) is 8.06. The molecule has 0 aliphatic carbocycles. The summed E-state index contributed by atoms with van der Waals surface area (Å²) in [6, 6.07) is 13.3. The van der Waals surface area contributed by atoms with Gasteiger partial charge in [-0.05, 0) is 37.1 Å². The Balaban J connectivity index is 0.000000861. The van der Waals surface area contributed by atoms with Crippen molar-refractivity contribution in [3.05, 3.63) is 59.2 Å². The van der Waals surface area contributed by atoms with Gasteiger partial charge in [-0.2, -0.15) is 0 Å². The minimum absolute atomic E-state index is 0.252. The second-order valence-electron chi connectivity index (χ2n) is 4.06. The molecular weight excluding hydrogens is 234 g/mol. The van der Waals surface area contributed by atoms with Gasteiger partial charge in [0.25, 0.3) is 0 Å². The molecule has 0 fully saturated rings. The van der Waals surface area contributed by atoms with E-state index in [1.54, 1.807) is 18.3 Å². The summed E-state index contributed by atoms with van der Waals surface area (Å²) in [6.07, 6.45) is 1.70. The third-order valence-electron chi connectivity index (χ3n) is 2.71. The van der Waals surface area contributed by atoms with E-state index in [2.05, 4.69) is 4.99 Å². The van der Waals surface area contributed by atoms with E-state index in [4.69, 9.17) is 0 Å². The van der Waals surface area contributed by atoms with Gasteiger partial charge in [-0.1, -0.05) is 44.2 Å². The van der Waals surface area contributed by atoms with E-state index in [-0.39, 0.29) is 5.75 Å². The predicted octanol–water partition coefficient (Wildman–Crippen LogP) is 4.79. The molecule has 0 saturated heterocycles. The second-order valence-corrected chi connectivity index (χ2v) is 4.06. The predicted molar refractivity (Wildman–Crippen MR) is 82.6 cm³/mol. The van der Waals surface area contributed by atoms with Crippen LogP contribution in [0.25, 0.3) is 0 Å². The van der Waals surface area contributed by atoms with Crippen molar-refractivity contribution in [2.75, 3.05) is 0 Å². The zero-order chi connectivity index (χ0) is 14.3. The van der Waals surface area contributed by atoms with Crippen molar-refractivity contribution >= 4 is 11.9 Å². The molecule has 0 bridgehead atoms. The molecule has 19 heavy (non-hydrogen) atoms. The molecule has 2 nitrogen and oxygen atoms in total. The van der Waals surface area contributed by atoms with Crippen LogP contribution in [0.3, 0.4) is 0 Å². The Morgan fingerprint density at radius 3 is 2.05 bits per heavy atom. The number of aryl methyl sites for hydroxylation is 2. The van der Waals surface area contributed by atoms with Crippen LogP contribution >= 0.6 is 0 Å². The molecule has 0 unspecified atom stereocenters. The highest BCUT2D eigenvalue weighted by atomic mass is 16.3. The molecule has 1 N–H and O–H groups in total. The number of phenols is 1. The Labute approximate surface area is 115 Å². The van der Waals surface area contributed by atoms with Gasteiger partial charge in [0, 0.05) is 11.8 Å². The minimum Gasteiger partial charge on any atom is -0.507 e. The highest BCUT2D eigenvalue weighted by molar-refractivity contribution is 5.85. The highest BCUT2D eigenvalue weighted by Crippen LogP contribution is 2.23. The molecule has 0 aliphatic heterocycles. The lowest BCUT2D eigenvalue weighted by atomic mass is 10.1. The van der Waals surface area contributed by atoms with Crippen LogP contribution in [-0.2, 0) is 0 Å². The van der Waals surface area contributed by atoms with E-state index in [0.29, 0.717) is 0 Å². The Bertz CT molecular complexity index is 539. The maximum atomic E-state index is 9.64. The van der Waals surface area contributed by atoms with Crippen LogP contribution < -0.4 is 0 Å². The Morgan fingerprint density at radius 1 is 0.895 bits per heavy atom. The van der Waals surface area contributed by atoms with Crippen LogP contribution in [0.1, 0.15) is 30.5 Å². The number of hydrogen-bond acceptors (Lipinski definition) is 2. The van der Waals surface area contributed by atoms with Gasteiger partial charge < -0.3 is 5.11 Å². The fraction of sp³-hybridized carbons (Fsp3) is 0.235. The van der Waals surface area contributed by atoms with Gasteiger partial charge in [0.1, 0.15) is 5.75 Å². The third-order valence-corrected chi connectivity index (χ3v) is 2.71. The van der Waals surface area contributed by atoms with Crippen molar-refractivity contribution in [2.45, 2.75) is 27.7 Å². The second kappa shape index (κ2) is 7.37. The normalized spacial score (nSPS) is 10.1. The smallest absolute Gasteiger partial charge is 0.124 e. The van der Waals surface area contributed by atoms with Crippen LogP contribution in [0.2, 0.25) is 0 Å². The first-order valence-electron chi connectivity index (χ1n) is 6.57. The average molecular weight is 255 g/mol. The molecule has 0 heterocycles. The SMILES string of the molecule is CC.Cc1cccc(C)c1N=Cc1ccccc1O. The van der Waals surface area contributed by atoms with E-state index in [1.165, 1.54) is 0 Å². The molecule has 2 aromatic carbocycles. The summed E-state index contributed by atoms with van der Waals surface area (Å²) >= 11 is 0. The monoisotopic (exact) mass is 255 g/mol. The topological polar surface area (TPSA) is 32.6 Å². The van der Waals surface area contributed by atoms with Crippen LogP contribution in [0.4, 0.5) is 5.69 Å². The summed E-state index contributed by atoms with van der Waals surface area (Å²) in [5, 5.41) is 9.64. The zero-order valence-corrected chi connectivity index (χ0v) is 12.0. The van der Waals surface area contributed by atoms with Gasteiger partial charge in [-0.25, -0.2) is 0 Å². The Hall–Kier alpha value is -2.09. The molecule has 0 spiro atoms. The number of phenolic OH excluding ortho intramolecular Hbond substituents is 1. The molecule has 0 aromatic heterocycles. The molecule has 0 saturated carbocycles. The number of para-hydroxylation sites is 2. The molecule has 2 rings (SSSR count). The number of aromatic hydroxyl groups is 1. The molecule has 2 aromatic rings. The lowest BCUT2D eigenvalue weighted by molar-refractivity contribution is 0.474. The summed E-state index contributed by atoms with van der Waals surface area (Å²) in [5.74, 6) is 0.252. The van der Waals surface area contributed by atoms with Crippen LogP contribution in [-0.4, -0.2) is 11.3 Å². The molecule has 2 heteroatoms. The fourth-order valence-corrected chi connectivity index (χ4v) is 1.74. The number of aliphatic imine (C=N–C) groups is 1. The summed E-state index contributed by atoms with van der Waals surface area (Å²) in [4.78, 5) is 4.45. The van der Waals surface area contributed by atoms with Gasteiger partial charge in [-0.3, -0.25) is 4.99 Å². The third kappa shape index (κ3) is 3.95. The Morgan fingerprint density at radius 2 is 1.47 bits per heavy atom. The van der Waals surface area contributed by atoms with Crippen molar-refractivity contribution in [3.8, 4) is 5.75 Å². The van der Waals surface area contributed by atoms with E-state index in [0.717, 1.165) is 22.4 Å². The maximum Gasteiger partial charge on any atom is 0.124 e. The summed E-state index contributed by atoms with van der Waals surface area (Å²) in [7, 11) is 0. The van der Waals surface area contributed by atoms with E-state index in [9.17, 15) is 5.11 Å². The lowest BCUT2D eigenvalue weighted by Crippen LogP contribution is -1.84. The average Bonchev–Trinajstić information content (AvgIpc) is 2.42. The first-order chi connectivity index (χ1) is 9.18. The Kier molecular flexibility index (Phi) is 5.80. The quantitative estimate of drug-likeness (QED) is 0.769. The van der Waals surface area contributed by atoms with Gasteiger partial charge in [0.2, 0.25) is 0 Å². The van der Waals surface area contributed by atoms with Gasteiger partial charge in [0.15, 0.2) is 0 Å². The van der Waals surface area contributed by atoms with Crippen LogP contribution in [0.5, 0.6) is 5.75 Å². The molecule has 0 aliphatic rings. The lowest BCUT2D eigenvalue weighted by Gasteiger charge is -2.03. The number of benzene rings is 2. The van der Waals surface area contributed by atoms with E-state index >= 15 is 0 Å². The largest absolute Gasteiger partial charge is 0.507 e. The van der Waals surface area contributed by atoms with Crippen LogP contribution in [0, 0.1) is 13.8 Å². The molecular formula is C17H21NO. The number of rotatable bonds is 2. The van der Waals surface area contributed by atoms with Gasteiger partial charge in [0.05, 0.1) is 5.69 Å². The van der Waals surface area contributed by atoms with Gasteiger partial charge >= 0.3 is 0 Å². The molecule has 0 radical (unpaired) electrons. The van der Waals surface area contributed by atoms with E-state index < -0.39 is 0 Å². The number of nitrogens with zero attached hydrogens (tertiary/aromatic N) is 1. The first-order valence-corrected chi connectivity index (χ1v) is 6.57. The van der Waals surface area contributed by atoms with Gasteiger partial charge in [-0.15, -0.1) is 0 Å². The fourth-order valence-electron chi connectivity index (χ4n) is 1.74. The zero-order valence-electron chi connectivity index (χ0n) is 12.0. The summed E-state index contributed by atoms with van der Waals surface area (Å²) in [5.41, 5.74) is 3.97. The summed E-state index contributed by atoms with van der Waals surface area (Å²) < 4.78 is 0. The first kappa shape index (κ1) is 15.0.